The van der Waals surface area contributed by atoms with E-state index in [1.165, 1.54) is 0 Å². The Balaban J connectivity index is 1.87. The first kappa shape index (κ1) is 12.7. The highest BCUT2D eigenvalue weighted by Gasteiger charge is 2.29. The molecule has 0 bridgehead atoms. The molecule has 0 aliphatic carbocycles. The fourth-order valence-corrected chi connectivity index (χ4v) is 2.67. The first-order chi connectivity index (χ1) is 9.66. The highest BCUT2D eigenvalue weighted by molar-refractivity contribution is 6.04. The number of primary amides is 1. The molecule has 1 aliphatic heterocycles. The minimum atomic E-state index is -0.339. The molecular formula is C14H16N4O2. The predicted molar refractivity (Wildman–Crippen MR) is 73.9 cm³/mol. The van der Waals surface area contributed by atoms with Gasteiger partial charge in [0, 0.05) is 18.5 Å². The van der Waals surface area contributed by atoms with E-state index in [0.29, 0.717) is 18.8 Å². The molecule has 2 aromatic rings. The molecule has 2 heterocycles. The summed E-state index contributed by atoms with van der Waals surface area (Å²) in [6, 6.07) is 7.50. The molecule has 0 saturated carbocycles. The number of H-pyrrole nitrogens is 1. The zero-order chi connectivity index (χ0) is 14.1. The Morgan fingerprint density at radius 2 is 2.15 bits per heavy atom. The summed E-state index contributed by atoms with van der Waals surface area (Å²) in [5.41, 5.74) is 6.58. The maximum absolute atomic E-state index is 12.5. The van der Waals surface area contributed by atoms with Crippen LogP contribution in [0.5, 0.6) is 0 Å². The van der Waals surface area contributed by atoms with Crippen molar-refractivity contribution in [1.29, 1.82) is 0 Å². The molecule has 6 heteroatoms. The molecule has 3 N–H and O–H groups in total. The highest BCUT2D eigenvalue weighted by atomic mass is 16.2. The molecule has 1 fully saturated rings. The summed E-state index contributed by atoms with van der Waals surface area (Å²) < 4.78 is 0. The van der Waals surface area contributed by atoms with E-state index >= 15 is 0 Å². The molecule has 1 aliphatic rings. The molecule has 1 saturated heterocycles. The number of nitrogens with two attached hydrogens (primary N) is 1. The minimum absolute atomic E-state index is 0.145. The molecule has 0 unspecified atom stereocenters. The summed E-state index contributed by atoms with van der Waals surface area (Å²) in [5.74, 6) is -0.735. The van der Waals surface area contributed by atoms with Crippen LogP contribution in [-0.2, 0) is 4.79 Å². The molecule has 1 atom stereocenters. The lowest BCUT2D eigenvalue weighted by atomic mass is 9.97. The molecule has 104 valence electrons. The quantitative estimate of drug-likeness (QED) is 0.850. The van der Waals surface area contributed by atoms with E-state index in [-0.39, 0.29) is 17.7 Å². The van der Waals surface area contributed by atoms with Crippen LogP contribution in [-0.4, -0.2) is 40.0 Å². The van der Waals surface area contributed by atoms with Crippen molar-refractivity contribution in [1.82, 2.24) is 15.1 Å². The van der Waals surface area contributed by atoms with Crippen LogP contribution in [0.3, 0.4) is 0 Å². The van der Waals surface area contributed by atoms with Crippen molar-refractivity contribution in [3.05, 3.63) is 30.0 Å². The van der Waals surface area contributed by atoms with Crippen LogP contribution in [0.1, 0.15) is 23.3 Å². The maximum Gasteiger partial charge on any atom is 0.275 e. The normalized spacial score (nSPS) is 19.2. The molecule has 1 aromatic heterocycles. The second-order valence-electron chi connectivity index (χ2n) is 5.11. The molecule has 2 amide bonds. The Hall–Kier alpha value is -2.37. The van der Waals surface area contributed by atoms with Crippen molar-refractivity contribution in [2.24, 2.45) is 11.7 Å². The van der Waals surface area contributed by atoms with Gasteiger partial charge in [-0.3, -0.25) is 14.7 Å². The molecule has 6 nitrogen and oxygen atoms in total. The lowest BCUT2D eigenvalue weighted by molar-refractivity contribution is -0.123. The zero-order valence-electron chi connectivity index (χ0n) is 11.0. The van der Waals surface area contributed by atoms with E-state index in [0.717, 1.165) is 23.7 Å². The summed E-state index contributed by atoms with van der Waals surface area (Å²) >= 11 is 0. The third kappa shape index (κ3) is 2.13. The summed E-state index contributed by atoms with van der Waals surface area (Å²) in [4.78, 5) is 25.5. The van der Waals surface area contributed by atoms with Gasteiger partial charge >= 0.3 is 0 Å². The van der Waals surface area contributed by atoms with E-state index in [1.807, 2.05) is 24.3 Å². The van der Waals surface area contributed by atoms with Crippen molar-refractivity contribution >= 4 is 22.7 Å². The van der Waals surface area contributed by atoms with Crippen molar-refractivity contribution in [2.45, 2.75) is 12.8 Å². The topological polar surface area (TPSA) is 92.1 Å². The van der Waals surface area contributed by atoms with Crippen molar-refractivity contribution < 1.29 is 9.59 Å². The summed E-state index contributed by atoms with van der Waals surface area (Å²) in [5, 5.41) is 7.77. The average molecular weight is 272 g/mol. The van der Waals surface area contributed by atoms with Crippen LogP contribution in [0.15, 0.2) is 24.3 Å². The van der Waals surface area contributed by atoms with Crippen molar-refractivity contribution in [3.8, 4) is 0 Å². The van der Waals surface area contributed by atoms with Gasteiger partial charge in [0.2, 0.25) is 5.91 Å². The highest BCUT2D eigenvalue weighted by Crippen LogP contribution is 2.21. The van der Waals surface area contributed by atoms with E-state index in [2.05, 4.69) is 10.2 Å². The van der Waals surface area contributed by atoms with Crippen LogP contribution in [0, 0.1) is 5.92 Å². The van der Waals surface area contributed by atoms with Gasteiger partial charge in [-0.15, -0.1) is 0 Å². The Bertz CT molecular complexity index is 664. The lowest BCUT2D eigenvalue weighted by Gasteiger charge is -2.30. The van der Waals surface area contributed by atoms with Gasteiger partial charge in [-0.1, -0.05) is 18.2 Å². The van der Waals surface area contributed by atoms with Gasteiger partial charge in [0.1, 0.15) is 0 Å². The molecule has 3 rings (SSSR count). The van der Waals surface area contributed by atoms with Gasteiger partial charge in [-0.2, -0.15) is 5.10 Å². The Morgan fingerprint density at radius 1 is 1.35 bits per heavy atom. The number of fused-ring (bicyclic) bond motifs is 1. The summed E-state index contributed by atoms with van der Waals surface area (Å²) in [6.45, 7) is 1.03. The molecule has 20 heavy (non-hydrogen) atoms. The van der Waals surface area contributed by atoms with Crippen molar-refractivity contribution in [2.75, 3.05) is 13.1 Å². The number of aromatic nitrogens is 2. The third-order valence-electron chi connectivity index (χ3n) is 3.78. The smallest absolute Gasteiger partial charge is 0.275 e. The van der Waals surface area contributed by atoms with Gasteiger partial charge in [-0.25, -0.2) is 0 Å². The number of likely N-dealkylation sites (tertiary alicyclic amines) is 1. The Labute approximate surface area is 115 Å². The van der Waals surface area contributed by atoms with Crippen LogP contribution >= 0.6 is 0 Å². The number of nitrogens with zero attached hydrogens (tertiary/aromatic N) is 2. The monoisotopic (exact) mass is 272 g/mol. The summed E-state index contributed by atoms with van der Waals surface area (Å²) in [6.07, 6.45) is 1.54. The summed E-state index contributed by atoms with van der Waals surface area (Å²) in [7, 11) is 0. The Morgan fingerprint density at radius 3 is 2.95 bits per heavy atom. The largest absolute Gasteiger partial charge is 0.369 e. The number of para-hydroxylation sites is 1. The fraction of sp³-hybridized carbons (Fsp3) is 0.357. The average Bonchev–Trinajstić information content (AvgIpc) is 2.90. The lowest BCUT2D eigenvalue weighted by Crippen LogP contribution is -2.44. The number of aromatic amines is 1. The first-order valence-electron chi connectivity index (χ1n) is 6.68. The van der Waals surface area contributed by atoms with E-state index < -0.39 is 0 Å². The number of carbonyl (C=O) groups is 2. The standard InChI is InChI=1S/C14H16N4O2/c15-13(19)9-4-3-7-18(8-9)14(20)12-10-5-1-2-6-11(10)16-17-12/h1-2,5-6,9H,3-4,7-8H2,(H2,15,19)(H,16,17)/t9-/m1/s1. The number of piperidine rings is 1. The van der Waals surface area contributed by atoms with Crippen LogP contribution in [0.2, 0.25) is 0 Å². The van der Waals surface area contributed by atoms with Crippen LogP contribution in [0.25, 0.3) is 10.9 Å². The first-order valence-corrected chi connectivity index (χ1v) is 6.68. The molecule has 0 spiro atoms. The predicted octanol–water partition coefficient (Wildman–Crippen LogP) is 0.900. The second kappa shape index (κ2) is 4.96. The van der Waals surface area contributed by atoms with Gasteiger partial charge in [-0.05, 0) is 18.9 Å². The van der Waals surface area contributed by atoms with Gasteiger partial charge in [0.25, 0.3) is 5.91 Å². The number of nitrogens with one attached hydrogen (secondary N) is 1. The maximum atomic E-state index is 12.5. The third-order valence-corrected chi connectivity index (χ3v) is 3.78. The van der Waals surface area contributed by atoms with Crippen LogP contribution in [0.4, 0.5) is 0 Å². The number of hydrogen-bond acceptors (Lipinski definition) is 3. The number of hydrogen-bond donors (Lipinski definition) is 2. The number of rotatable bonds is 2. The molecule has 1 aromatic carbocycles. The second-order valence-corrected chi connectivity index (χ2v) is 5.11. The van der Waals surface area contributed by atoms with Crippen LogP contribution < -0.4 is 5.73 Å². The fourth-order valence-electron chi connectivity index (χ4n) is 2.67. The number of benzene rings is 1. The van der Waals surface area contributed by atoms with Gasteiger partial charge in [0.15, 0.2) is 5.69 Å². The number of carbonyl (C=O) groups excluding carboxylic acids is 2. The van der Waals surface area contributed by atoms with Crippen molar-refractivity contribution in [3.63, 3.8) is 0 Å². The van der Waals surface area contributed by atoms with Gasteiger partial charge in [0.05, 0.1) is 11.4 Å². The van der Waals surface area contributed by atoms with Gasteiger partial charge < -0.3 is 10.6 Å². The SMILES string of the molecule is NC(=O)[C@@H]1CCCN(C(=O)c2n[nH]c3ccccc23)C1. The minimum Gasteiger partial charge on any atom is -0.369 e. The van der Waals surface area contributed by atoms with E-state index in [9.17, 15) is 9.59 Å². The molecular weight excluding hydrogens is 256 g/mol. The van der Waals surface area contributed by atoms with E-state index in [4.69, 9.17) is 5.73 Å². The zero-order valence-corrected chi connectivity index (χ0v) is 11.0. The Kier molecular flexibility index (Phi) is 3.14. The number of amides is 2. The van der Waals surface area contributed by atoms with E-state index in [1.54, 1.807) is 4.90 Å². The molecule has 0 radical (unpaired) electrons.